The fourth-order valence-corrected chi connectivity index (χ4v) is 3.83. The molecular formula is C27H32FN4NaO5. The van der Waals surface area contributed by atoms with Crippen LogP contribution in [0.25, 0.3) is 11.8 Å². The molecule has 0 fully saturated rings. The van der Waals surface area contributed by atoms with E-state index in [1.807, 2.05) is 32.9 Å². The molecule has 1 amide bonds. The van der Waals surface area contributed by atoms with Crippen molar-refractivity contribution in [2.75, 3.05) is 0 Å². The third-order valence-electron chi connectivity index (χ3n) is 5.65. The number of aromatic nitrogens is 3. The van der Waals surface area contributed by atoms with E-state index in [1.54, 1.807) is 12.3 Å². The Balaban J connectivity index is 0.00000507. The summed E-state index contributed by atoms with van der Waals surface area (Å²) < 4.78 is 15.1. The van der Waals surface area contributed by atoms with Gasteiger partial charge >= 0.3 is 35.5 Å². The van der Waals surface area contributed by atoms with E-state index in [9.17, 15) is 24.2 Å². The van der Waals surface area contributed by atoms with Gasteiger partial charge in [-0.25, -0.2) is 9.07 Å². The summed E-state index contributed by atoms with van der Waals surface area (Å²) in [6.45, 7) is 5.92. The van der Waals surface area contributed by atoms with Gasteiger partial charge in [0.25, 0.3) is 5.91 Å². The predicted molar refractivity (Wildman–Crippen MR) is 143 cm³/mol. The third-order valence-corrected chi connectivity index (χ3v) is 5.65. The van der Waals surface area contributed by atoms with Crippen LogP contribution in [0.4, 0.5) is 4.39 Å². The Morgan fingerprint density at radius 3 is 2.39 bits per heavy atom. The number of benzene rings is 1. The number of aryl methyl sites for hydroxylation is 1. The summed E-state index contributed by atoms with van der Waals surface area (Å²) in [5.41, 5.74) is 3.48. The summed E-state index contributed by atoms with van der Waals surface area (Å²) in [6.07, 6.45) is 1.64. The van der Waals surface area contributed by atoms with Crippen LogP contribution in [0.2, 0.25) is 0 Å². The van der Waals surface area contributed by atoms with Crippen LogP contribution in [0, 0.1) is 12.7 Å². The van der Waals surface area contributed by atoms with E-state index in [0.29, 0.717) is 16.9 Å². The molecule has 11 heteroatoms. The molecule has 0 radical (unpaired) electrons. The summed E-state index contributed by atoms with van der Waals surface area (Å²) in [7, 11) is 0. The molecule has 2 aromatic heterocycles. The van der Waals surface area contributed by atoms with Crippen molar-refractivity contribution < 1.29 is 29.3 Å². The Morgan fingerprint density at radius 2 is 1.82 bits per heavy atom. The Morgan fingerprint density at radius 1 is 1.13 bits per heavy atom. The van der Waals surface area contributed by atoms with Crippen LogP contribution in [-0.2, 0) is 11.3 Å². The van der Waals surface area contributed by atoms with Gasteiger partial charge < -0.3 is 20.6 Å². The number of amides is 1. The SMILES string of the molecule is Cc1ccc(CNC(=O)c2nn(-c3ccc(F)cc3)c(C=C[C@H](O)C[C@@H](O)CC(=O)O)c2C(C)C)cn1.[NaH]. The predicted octanol–water partition coefficient (Wildman–Crippen LogP) is 2.72. The first-order chi connectivity index (χ1) is 17.5. The number of halogens is 1. The average Bonchev–Trinajstić information content (AvgIpc) is 3.22. The van der Waals surface area contributed by atoms with Crippen LogP contribution < -0.4 is 5.32 Å². The van der Waals surface area contributed by atoms with Gasteiger partial charge in [-0.05, 0) is 54.8 Å². The van der Waals surface area contributed by atoms with Crippen LogP contribution in [0.5, 0.6) is 0 Å². The van der Waals surface area contributed by atoms with E-state index >= 15 is 0 Å². The number of carbonyl (C=O) groups is 2. The van der Waals surface area contributed by atoms with Crippen molar-refractivity contribution in [1.82, 2.24) is 20.1 Å². The van der Waals surface area contributed by atoms with Crippen molar-refractivity contribution in [3.63, 3.8) is 0 Å². The molecule has 0 aliphatic rings. The molecule has 0 saturated heterocycles. The van der Waals surface area contributed by atoms with E-state index < -0.39 is 36.3 Å². The van der Waals surface area contributed by atoms with Crippen LogP contribution in [0.15, 0.2) is 48.7 Å². The number of nitrogens with one attached hydrogen (secondary N) is 1. The molecule has 2 atom stereocenters. The molecule has 0 saturated carbocycles. The summed E-state index contributed by atoms with van der Waals surface area (Å²) in [4.78, 5) is 28.3. The van der Waals surface area contributed by atoms with Gasteiger partial charge in [0.1, 0.15) is 5.82 Å². The molecule has 1 aromatic carbocycles. The number of carboxylic acids is 1. The number of carbonyl (C=O) groups excluding carboxylic acids is 1. The number of aliphatic hydroxyl groups is 2. The topological polar surface area (TPSA) is 138 Å². The fourth-order valence-electron chi connectivity index (χ4n) is 3.83. The van der Waals surface area contributed by atoms with E-state index in [4.69, 9.17) is 5.11 Å². The maximum absolute atomic E-state index is 13.6. The van der Waals surface area contributed by atoms with Crippen molar-refractivity contribution in [2.45, 2.75) is 58.3 Å². The summed E-state index contributed by atoms with van der Waals surface area (Å²) in [5.74, 6) is -2.15. The molecule has 9 nitrogen and oxygen atoms in total. The number of carboxylic acid groups (broad SMARTS) is 1. The van der Waals surface area contributed by atoms with Crippen molar-refractivity contribution >= 4 is 47.5 Å². The normalized spacial score (nSPS) is 12.8. The minimum absolute atomic E-state index is 0. The first-order valence-corrected chi connectivity index (χ1v) is 11.9. The number of hydrogen-bond acceptors (Lipinski definition) is 6. The summed E-state index contributed by atoms with van der Waals surface area (Å²) >= 11 is 0. The van der Waals surface area contributed by atoms with Gasteiger partial charge in [0.15, 0.2) is 5.69 Å². The number of pyridine rings is 1. The quantitative estimate of drug-likeness (QED) is 0.278. The zero-order valence-corrected chi connectivity index (χ0v) is 20.9. The van der Waals surface area contributed by atoms with E-state index in [1.165, 1.54) is 35.0 Å². The second kappa shape index (κ2) is 14.3. The zero-order valence-electron chi connectivity index (χ0n) is 20.9. The molecule has 0 unspecified atom stereocenters. The van der Waals surface area contributed by atoms with Gasteiger partial charge in [0.2, 0.25) is 0 Å². The molecule has 3 rings (SSSR count). The van der Waals surface area contributed by atoms with Gasteiger partial charge in [0, 0.05) is 30.4 Å². The Hall–Kier alpha value is -2.89. The molecular weight excluding hydrogens is 502 g/mol. The van der Waals surface area contributed by atoms with Crippen LogP contribution in [-0.4, -0.2) is 83.7 Å². The average molecular weight is 535 g/mol. The van der Waals surface area contributed by atoms with Gasteiger partial charge in [-0.1, -0.05) is 26.0 Å². The van der Waals surface area contributed by atoms with E-state index in [2.05, 4.69) is 15.4 Å². The molecule has 2 heterocycles. The van der Waals surface area contributed by atoms with Crippen molar-refractivity contribution in [3.8, 4) is 5.69 Å². The van der Waals surface area contributed by atoms with Crippen molar-refractivity contribution in [3.05, 3.63) is 82.7 Å². The van der Waals surface area contributed by atoms with Gasteiger partial charge in [0.05, 0.1) is 30.0 Å². The summed E-state index contributed by atoms with van der Waals surface area (Å²) in [5, 5.41) is 36.4. The molecule has 4 N–H and O–H groups in total. The molecule has 38 heavy (non-hydrogen) atoms. The first kappa shape index (κ1) is 31.3. The Labute approximate surface area is 242 Å². The Kier molecular flexibility index (Phi) is 11.8. The first-order valence-electron chi connectivity index (χ1n) is 11.9. The standard InChI is InChI=1S/C27H31FN4O5.Na.H/c1-16(2)25-23(11-10-21(33)12-22(34)13-24(35)36)32(20-8-6-19(28)7-9-20)31-26(25)27(37)30-15-18-5-4-17(3)29-14-18;;/h4-11,14,16,21-22,33-34H,12-13,15H2,1-3H3,(H,30,37)(H,35,36);;/t21-,22+;;/m0../s1. The van der Waals surface area contributed by atoms with Crippen LogP contribution >= 0.6 is 0 Å². The Bertz CT molecular complexity index is 1260. The van der Waals surface area contributed by atoms with Gasteiger partial charge in [-0.3, -0.25) is 14.6 Å². The monoisotopic (exact) mass is 534 g/mol. The van der Waals surface area contributed by atoms with Crippen molar-refractivity contribution in [2.24, 2.45) is 0 Å². The molecule has 0 aliphatic carbocycles. The zero-order chi connectivity index (χ0) is 27.1. The number of aliphatic carboxylic acids is 1. The number of rotatable bonds is 11. The molecule has 3 aromatic rings. The second-order valence-corrected chi connectivity index (χ2v) is 9.09. The number of aliphatic hydroxyl groups excluding tert-OH is 2. The fraction of sp³-hybridized carbons (Fsp3) is 0.333. The molecule has 0 aliphatic heterocycles. The minimum atomic E-state index is -1.22. The van der Waals surface area contributed by atoms with Gasteiger partial charge in [-0.2, -0.15) is 5.10 Å². The molecule has 0 bridgehead atoms. The second-order valence-electron chi connectivity index (χ2n) is 9.09. The molecule has 0 spiro atoms. The van der Waals surface area contributed by atoms with Crippen LogP contribution in [0.1, 0.15) is 65.6 Å². The summed E-state index contributed by atoms with van der Waals surface area (Å²) in [6, 6.07) is 9.33. The maximum atomic E-state index is 13.6. The van der Waals surface area contributed by atoms with E-state index in [-0.39, 0.29) is 54.1 Å². The van der Waals surface area contributed by atoms with Crippen LogP contribution in [0.3, 0.4) is 0 Å². The molecule has 198 valence electrons. The van der Waals surface area contributed by atoms with E-state index in [0.717, 1.165) is 11.3 Å². The number of hydrogen-bond donors (Lipinski definition) is 4. The van der Waals surface area contributed by atoms with Crippen molar-refractivity contribution in [1.29, 1.82) is 0 Å². The third kappa shape index (κ3) is 8.57. The number of nitrogens with zero attached hydrogens (tertiary/aromatic N) is 3. The van der Waals surface area contributed by atoms with Gasteiger partial charge in [-0.15, -0.1) is 0 Å².